The van der Waals surface area contributed by atoms with Crippen LogP contribution in [0.5, 0.6) is 0 Å². The summed E-state index contributed by atoms with van der Waals surface area (Å²) in [5, 5.41) is 9.38. The Morgan fingerprint density at radius 3 is 2.83 bits per heavy atom. The second kappa shape index (κ2) is 4.18. The number of benzene rings is 1. The molecule has 1 radical (unpaired) electrons. The zero-order chi connectivity index (χ0) is 8.97. The number of nitrogens with two attached hydrogens (primary N) is 1. The van der Waals surface area contributed by atoms with Crippen molar-refractivity contribution in [1.82, 2.24) is 0 Å². The zero-order valence-electron chi connectivity index (χ0n) is 6.63. The number of aliphatic hydroxyl groups is 1. The van der Waals surface area contributed by atoms with Gasteiger partial charge in [0.2, 0.25) is 0 Å². The highest BCUT2D eigenvalue weighted by Crippen LogP contribution is 2.14. The number of aliphatic hydroxyl groups excluding tert-OH is 1. The van der Waals surface area contributed by atoms with Crippen molar-refractivity contribution in [3.8, 4) is 0 Å². The van der Waals surface area contributed by atoms with E-state index in [4.69, 9.17) is 5.73 Å². The van der Waals surface area contributed by atoms with Gasteiger partial charge in [0.1, 0.15) is 5.82 Å². The van der Waals surface area contributed by atoms with Crippen LogP contribution in [0.1, 0.15) is 18.1 Å². The Balaban J connectivity index is 2.68. The van der Waals surface area contributed by atoms with Gasteiger partial charge in [-0.2, -0.15) is 0 Å². The maximum atomic E-state index is 12.4. The van der Waals surface area contributed by atoms with Crippen LogP contribution in [0.4, 0.5) is 4.39 Å². The predicted molar refractivity (Wildman–Crippen MR) is 43.9 cm³/mol. The monoisotopic (exact) mass is 168 g/mol. The first-order valence-corrected chi connectivity index (χ1v) is 3.79. The van der Waals surface area contributed by atoms with Gasteiger partial charge in [-0.3, -0.25) is 0 Å². The molecule has 0 aliphatic carbocycles. The molecule has 0 fully saturated rings. The lowest BCUT2D eigenvalue weighted by Gasteiger charge is -2.07. The SMILES string of the molecule is NCCC(O)c1[c]cc(F)cc1. The molecule has 12 heavy (non-hydrogen) atoms. The highest BCUT2D eigenvalue weighted by atomic mass is 19.1. The number of hydrogen-bond acceptors (Lipinski definition) is 2. The minimum absolute atomic E-state index is 0.348. The molecule has 1 atom stereocenters. The van der Waals surface area contributed by atoms with E-state index in [-0.39, 0.29) is 5.82 Å². The molecule has 0 heterocycles. The van der Waals surface area contributed by atoms with Gasteiger partial charge in [-0.25, -0.2) is 4.39 Å². The van der Waals surface area contributed by atoms with Crippen molar-refractivity contribution < 1.29 is 9.50 Å². The van der Waals surface area contributed by atoms with Crippen molar-refractivity contribution in [2.45, 2.75) is 12.5 Å². The van der Waals surface area contributed by atoms with Crippen molar-refractivity contribution in [2.75, 3.05) is 6.54 Å². The molecule has 0 saturated heterocycles. The van der Waals surface area contributed by atoms with Gasteiger partial charge in [-0.1, -0.05) is 6.07 Å². The van der Waals surface area contributed by atoms with E-state index in [1.807, 2.05) is 0 Å². The molecule has 1 aromatic carbocycles. The van der Waals surface area contributed by atoms with Crippen LogP contribution in [-0.4, -0.2) is 11.7 Å². The maximum absolute atomic E-state index is 12.4. The fourth-order valence-corrected chi connectivity index (χ4v) is 0.939. The van der Waals surface area contributed by atoms with E-state index in [1.54, 1.807) is 0 Å². The Hall–Kier alpha value is -0.930. The van der Waals surface area contributed by atoms with Crippen molar-refractivity contribution in [3.05, 3.63) is 35.6 Å². The molecule has 0 aromatic heterocycles. The third-order valence-electron chi connectivity index (χ3n) is 1.60. The zero-order valence-corrected chi connectivity index (χ0v) is 6.63. The Morgan fingerprint density at radius 2 is 2.33 bits per heavy atom. The van der Waals surface area contributed by atoms with Crippen molar-refractivity contribution in [2.24, 2.45) is 5.73 Å². The van der Waals surface area contributed by atoms with Crippen molar-refractivity contribution in [1.29, 1.82) is 0 Å². The van der Waals surface area contributed by atoms with Gasteiger partial charge in [0.05, 0.1) is 6.10 Å². The second-order valence-corrected chi connectivity index (χ2v) is 2.56. The van der Waals surface area contributed by atoms with Crippen molar-refractivity contribution >= 4 is 0 Å². The molecule has 3 heteroatoms. The van der Waals surface area contributed by atoms with E-state index >= 15 is 0 Å². The molecule has 0 spiro atoms. The highest BCUT2D eigenvalue weighted by molar-refractivity contribution is 5.16. The molecule has 0 amide bonds. The molecule has 0 aliphatic rings. The molecule has 1 rings (SSSR count). The molecule has 2 nitrogen and oxygen atoms in total. The van der Waals surface area contributed by atoms with Crippen LogP contribution >= 0.6 is 0 Å². The summed E-state index contributed by atoms with van der Waals surface area (Å²) in [5.41, 5.74) is 5.83. The fraction of sp³-hybridized carbons (Fsp3) is 0.333. The fourth-order valence-electron chi connectivity index (χ4n) is 0.939. The summed E-state index contributed by atoms with van der Waals surface area (Å²) in [6, 6.07) is 6.65. The molecule has 1 aromatic rings. The van der Waals surface area contributed by atoms with E-state index in [0.29, 0.717) is 18.5 Å². The average Bonchev–Trinajstić information content (AvgIpc) is 2.06. The van der Waals surface area contributed by atoms with Crippen molar-refractivity contribution in [3.63, 3.8) is 0 Å². The third kappa shape index (κ3) is 2.29. The average molecular weight is 168 g/mol. The van der Waals surface area contributed by atoms with Gasteiger partial charge >= 0.3 is 0 Å². The molecule has 1 unspecified atom stereocenters. The third-order valence-corrected chi connectivity index (χ3v) is 1.60. The summed E-state index contributed by atoms with van der Waals surface area (Å²) in [6.45, 7) is 0.409. The summed E-state index contributed by atoms with van der Waals surface area (Å²) in [5.74, 6) is -0.348. The molecule has 3 N–H and O–H groups in total. The summed E-state index contributed by atoms with van der Waals surface area (Å²) < 4.78 is 12.4. The molecule has 0 bridgehead atoms. The first-order chi connectivity index (χ1) is 5.74. The standard InChI is InChI=1S/C9H11FNO/c10-8-3-1-7(2-4-8)9(12)5-6-11/h1,3-4,9,12H,5-6,11H2. The minimum Gasteiger partial charge on any atom is -0.388 e. The first-order valence-electron chi connectivity index (χ1n) is 3.79. The van der Waals surface area contributed by atoms with Crippen LogP contribution in [0, 0.1) is 11.9 Å². The molecule has 0 saturated carbocycles. The largest absolute Gasteiger partial charge is 0.388 e. The molecular formula is C9H11FNO. The van der Waals surface area contributed by atoms with Gasteiger partial charge in [0.25, 0.3) is 0 Å². The Morgan fingerprint density at radius 1 is 1.58 bits per heavy atom. The Kier molecular flexibility index (Phi) is 3.19. The van der Waals surface area contributed by atoms with Gasteiger partial charge < -0.3 is 10.8 Å². The van der Waals surface area contributed by atoms with E-state index in [0.717, 1.165) is 0 Å². The smallest absolute Gasteiger partial charge is 0.123 e. The summed E-state index contributed by atoms with van der Waals surface area (Å²) in [7, 11) is 0. The normalized spacial score (nSPS) is 12.9. The van der Waals surface area contributed by atoms with Gasteiger partial charge in [-0.05, 0) is 36.7 Å². The lowest BCUT2D eigenvalue weighted by atomic mass is 10.1. The van der Waals surface area contributed by atoms with Gasteiger partial charge in [-0.15, -0.1) is 0 Å². The summed E-state index contributed by atoms with van der Waals surface area (Å²) in [4.78, 5) is 0. The second-order valence-electron chi connectivity index (χ2n) is 2.56. The molecule has 65 valence electrons. The van der Waals surface area contributed by atoms with E-state index in [1.165, 1.54) is 18.2 Å². The van der Waals surface area contributed by atoms with Crippen LogP contribution in [-0.2, 0) is 0 Å². The predicted octanol–water partition coefficient (Wildman–Crippen LogP) is 1.01. The lowest BCUT2D eigenvalue weighted by molar-refractivity contribution is 0.170. The number of rotatable bonds is 3. The van der Waals surface area contributed by atoms with Gasteiger partial charge in [0.15, 0.2) is 0 Å². The Labute approximate surface area is 70.8 Å². The van der Waals surface area contributed by atoms with Gasteiger partial charge in [0, 0.05) is 0 Å². The Bertz CT molecular complexity index is 235. The van der Waals surface area contributed by atoms with Crippen LogP contribution in [0.2, 0.25) is 0 Å². The summed E-state index contributed by atoms with van der Waals surface area (Å²) >= 11 is 0. The maximum Gasteiger partial charge on any atom is 0.123 e. The minimum atomic E-state index is -0.629. The summed E-state index contributed by atoms with van der Waals surface area (Å²) in [6.07, 6.45) is -0.155. The van der Waals surface area contributed by atoms with Crippen LogP contribution in [0.3, 0.4) is 0 Å². The van der Waals surface area contributed by atoms with E-state index in [9.17, 15) is 9.50 Å². The molecule has 0 aliphatic heterocycles. The quantitative estimate of drug-likeness (QED) is 0.707. The van der Waals surface area contributed by atoms with Crippen LogP contribution in [0.15, 0.2) is 18.2 Å². The van der Waals surface area contributed by atoms with Crippen LogP contribution < -0.4 is 5.73 Å². The lowest BCUT2D eigenvalue weighted by Crippen LogP contribution is -2.06. The number of hydrogen-bond donors (Lipinski definition) is 2. The van der Waals surface area contributed by atoms with E-state index in [2.05, 4.69) is 6.07 Å². The molecular weight excluding hydrogens is 157 g/mol. The highest BCUT2D eigenvalue weighted by Gasteiger charge is 2.05. The first kappa shape index (κ1) is 9.16. The van der Waals surface area contributed by atoms with Crippen LogP contribution in [0.25, 0.3) is 0 Å². The number of halogens is 1. The van der Waals surface area contributed by atoms with E-state index < -0.39 is 6.10 Å². The topological polar surface area (TPSA) is 46.2 Å².